The smallest absolute Gasteiger partial charge is 0.243 e. The summed E-state index contributed by atoms with van der Waals surface area (Å²) in [6.07, 6.45) is 0.418. The minimum absolute atomic E-state index is 0.0104. The van der Waals surface area contributed by atoms with Crippen LogP contribution in [0.2, 0.25) is 0 Å². The summed E-state index contributed by atoms with van der Waals surface area (Å²) >= 11 is 0. The molecule has 0 radical (unpaired) electrons. The van der Waals surface area contributed by atoms with E-state index in [2.05, 4.69) is 84.9 Å². The monoisotopic (exact) mass is 701 g/mol. The van der Waals surface area contributed by atoms with Crippen LogP contribution in [-0.4, -0.2) is 46.7 Å². The Hall–Kier alpha value is -4.90. The molecule has 4 N–H and O–H groups in total. The van der Waals surface area contributed by atoms with Gasteiger partial charge in [0.15, 0.2) is 6.29 Å². The van der Waals surface area contributed by atoms with Crippen molar-refractivity contribution in [1.82, 2.24) is 15.7 Å². The number of carbonyl (C=O) groups excluding carboxylic acids is 2. The molecule has 0 bridgehead atoms. The third-order valence-corrected chi connectivity index (χ3v) is 9.86. The van der Waals surface area contributed by atoms with Gasteiger partial charge >= 0.3 is 0 Å². The number of aliphatic hydroxyl groups is 1. The maximum atomic E-state index is 12.3. The Balaban J connectivity index is 1.17. The summed E-state index contributed by atoms with van der Waals surface area (Å²) in [5.74, 6) is -0.662. The minimum Gasteiger partial charge on any atom is -0.392 e. The number of hydrogen-bond donors (Lipinski definition) is 4. The summed E-state index contributed by atoms with van der Waals surface area (Å²) < 4.78 is 13.4. The van der Waals surface area contributed by atoms with Crippen LogP contribution in [-0.2, 0) is 32.2 Å². The number of amides is 2. The van der Waals surface area contributed by atoms with E-state index in [1.165, 1.54) is 16.3 Å². The number of fused-ring (bicyclic) bond motifs is 1. The second-order valence-electron chi connectivity index (χ2n) is 13.6. The van der Waals surface area contributed by atoms with Crippen molar-refractivity contribution in [1.29, 1.82) is 0 Å². The van der Waals surface area contributed by atoms with Crippen LogP contribution in [0.5, 0.6) is 0 Å². The van der Waals surface area contributed by atoms with Crippen molar-refractivity contribution in [2.45, 2.75) is 70.3 Å². The molecule has 0 unspecified atom stereocenters. The summed E-state index contributed by atoms with van der Waals surface area (Å²) in [5.41, 5.74) is 8.60. The molecule has 5 aromatic rings. The van der Waals surface area contributed by atoms with Crippen LogP contribution in [0.3, 0.4) is 0 Å². The third-order valence-electron chi connectivity index (χ3n) is 9.86. The number of nitrogens with one attached hydrogen (secondary N) is 2. The molecule has 5 aromatic carbocycles. The van der Waals surface area contributed by atoms with Gasteiger partial charge in [0, 0.05) is 44.0 Å². The SMILES string of the molecule is C[C@H](c1ccc2ccccc2c1)N(C)C[C@@H]1C[C@H](c2ccc(CO)cc2)O[C@H](c2cccc(-c3cccc(CNC(=O)CCCC(=O)NO)c3)c2)O1. The first-order valence-corrected chi connectivity index (χ1v) is 17.9. The van der Waals surface area contributed by atoms with Gasteiger partial charge in [0.2, 0.25) is 11.8 Å². The van der Waals surface area contributed by atoms with Crippen LogP contribution in [0, 0.1) is 0 Å². The maximum Gasteiger partial charge on any atom is 0.243 e. The van der Waals surface area contributed by atoms with Crippen molar-refractivity contribution in [2.24, 2.45) is 0 Å². The fourth-order valence-corrected chi connectivity index (χ4v) is 6.71. The normalized spacial score (nSPS) is 17.9. The van der Waals surface area contributed by atoms with E-state index in [4.69, 9.17) is 14.7 Å². The van der Waals surface area contributed by atoms with Gasteiger partial charge in [-0.05, 0) is 82.7 Å². The van der Waals surface area contributed by atoms with Gasteiger partial charge in [-0.25, -0.2) is 5.48 Å². The number of carbonyl (C=O) groups is 2. The largest absolute Gasteiger partial charge is 0.392 e. The highest BCUT2D eigenvalue weighted by Gasteiger charge is 2.33. The molecular formula is C43H47N3O6. The molecule has 270 valence electrons. The summed E-state index contributed by atoms with van der Waals surface area (Å²) in [7, 11) is 2.14. The number of hydrogen-bond acceptors (Lipinski definition) is 7. The molecule has 0 aliphatic carbocycles. The summed E-state index contributed by atoms with van der Waals surface area (Å²) in [4.78, 5) is 25.9. The first-order chi connectivity index (χ1) is 25.3. The van der Waals surface area contributed by atoms with E-state index in [1.807, 2.05) is 54.6 Å². The highest BCUT2D eigenvalue weighted by atomic mass is 16.7. The second kappa shape index (κ2) is 17.5. The molecule has 0 aromatic heterocycles. The van der Waals surface area contributed by atoms with Gasteiger partial charge in [0.25, 0.3) is 0 Å². The Morgan fingerprint density at radius 2 is 1.52 bits per heavy atom. The van der Waals surface area contributed by atoms with Gasteiger partial charge in [-0.15, -0.1) is 0 Å². The van der Waals surface area contributed by atoms with E-state index in [9.17, 15) is 14.7 Å². The van der Waals surface area contributed by atoms with Gasteiger partial charge in [-0.2, -0.15) is 0 Å². The zero-order valence-corrected chi connectivity index (χ0v) is 29.7. The highest BCUT2D eigenvalue weighted by Crippen LogP contribution is 2.39. The zero-order chi connectivity index (χ0) is 36.5. The van der Waals surface area contributed by atoms with E-state index in [0.29, 0.717) is 25.9 Å². The average Bonchev–Trinajstić information content (AvgIpc) is 3.19. The lowest BCUT2D eigenvalue weighted by atomic mass is 9.97. The van der Waals surface area contributed by atoms with Crippen molar-refractivity contribution in [2.75, 3.05) is 13.6 Å². The average molecular weight is 702 g/mol. The lowest BCUT2D eigenvalue weighted by molar-refractivity contribution is -0.253. The summed E-state index contributed by atoms with van der Waals surface area (Å²) in [6.45, 7) is 3.29. The van der Waals surface area contributed by atoms with Gasteiger partial charge < -0.3 is 19.9 Å². The fraction of sp³-hybridized carbons (Fsp3) is 0.302. The Morgan fingerprint density at radius 3 is 2.29 bits per heavy atom. The third kappa shape index (κ3) is 9.50. The van der Waals surface area contributed by atoms with Crippen LogP contribution < -0.4 is 10.8 Å². The van der Waals surface area contributed by atoms with Crippen LogP contribution in [0.15, 0.2) is 115 Å². The number of rotatable bonds is 14. The zero-order valence-electron chi connectivity index (χ0n) is 29.7. The van der Waals surface area contributed by atoms with Gasteiger partial charge in [-0.3, -0.25) is 19.7 Å². The molecule has 1 saturated heterocycles. The van der Waals surface area contributed by atoms with E-state index in [0.717, 1.165) is 33.4 Å². The Kier molecular flexibility index (Phi) is 12.4. The molecule has 2 amide bonds. The predicted octanol–water partition coefficient (Wildman–Crippen LogP) is 7.53. The number of ether oxygens (including phenoxy) is 2. The lowest BCUT2D eigenvalue weighted by Crippen LogP contribution is -2.38. The Labute approximate surface area is 305 Å². The van der Waals surface area contributed by atoms with Crippen molar-refractivity contribution >= 4 is 22.6 Å². The predicted molar refractivity (Wildman–Crippen MR) is 201 cm³/mol. The molecule has 9 nitrogen and oxygen atoms in total. The standard InChI is InChI=1S/C43H47N3O6/c1-29(34-21-20-32-9-3-4-10-36(32)23-34)46(2)27-39-25-40(33-18-16-30(28-47)17-19-33)52-43(51-39)38-13-6-12-37(24-38)35-11-5-8-31(22-35)26-44-41(48)14-7-15-42(49)45-50/h3-6,8-13,16-24,29,39-40,43,47,50H,7,14-15,25-28H2,1-2H3,(H,44,48)(H,45,49)/t29-,39+,40-,43-/m1/s1. The van der Waals surface area contributed by atoms with Crippen LogP contribution in [0.4, 0.5) is 0 Å². The molecule has 1 aliphatic heterocycles. The quantitative estimate of drug-likeness (QED) is 0.0698. The van der Waals surface area contributed by atoms with E-state index >= 15 is 0 Å². The minimum atomic E-state index is -0.596. The topological polar surface area (TPSA) is 120 Å². The molecule has 1 aliphatic rings. The molecule has 1 heterocycles. The molecule has 1 fully saturated rings. The number of nitrogens with zero attached hydrogens (tertiary/aromatic N) is 1. The first kappa shape index (κ1) is 36.9. The fourth-order valence-electron chi connectivity index (χ4n) is 6.71. The van der Waals surface area contributed by atoms with Crippen molar-refractivity contribution in [3.05, 3.63) is 143 Å². The van der Waals surface area contributed by atoms with E-state index in [-0.39, 0.29) is 43.6 Å². The van der Waals surface area contributed by atoms with Gasteiger partial charge in [-0.1, -0.05) is 97.1 Å². The molecule has 9 heteroatoms. The highest BCUT2D eigenvalue weighted by molar-refractivity contribution is 5.83. The number of likely N-dealkylation sites (N-methyl/N-ethyl adjacent to an activating group) is 1. The Morgan fingerprint density at radius 1 is 0.788 bits per heavy atom. The summed E-state index contributed by atoms with van der Waals surface area (Å²) in [6, 6.07) is 39.4. The lowest BCUT2D eigenvalue weighted by Gasteiger charge is -2.39. The molecular weight excluding hydrogens is 654 g/mol. The number of benzene rings is 5. The van der Waals surface area contributed by atoms with Crippen LogP contribution >= 0.6 is 0 Å². The molecule has 6 rings (SSSR count). The number of aliphatic hydroxyl groups excluding tert-OH is 1. The van der Waals surface area contributed by atoms with Crippen LogP contribution in [0.25, 0.3) is 21.9 Å². The van der Waals surface area contributed by atoms with Gasteiger partial charge in [0.05, 0.1) is 18.8 Å². The Bertz CT molecular complexity index is 1960. The second-order valence-corrected chi connectivity index (χ2v) is 13.6. The van der Waals surface area contributed by atoms with Crippen LogP contribution in [0.1, 0.15) is 78.9 Å². The molecule has 52 heavy (non-hydrogen) atoms. The summed E-state index contributed by atoms with van der Waals surface area (Å²) in [5, 5.41) is 23.6. The molecule has 0 spiro atoms. The first-order valence-electron chi connectivity index (χ1n) is 17.9. The molecule has 0 saturated carbocycles. The van der Waals surface area contributed by atoms with E-state index in [1.54, 1.807) is 5.48 Å². The molecule has 4 atom stereocenters. The van der Waals surface area contributed by atoms with Crippen molar-refractivity contribution in [3.8, 4) is 11.1 Å². The maximum absolute atomic E-state index is 12.3. The van der Waals surface area contributed by atoms with E-state index < -0.39 is 12.2 Å². The van der Waals surface area contributed by atoms with Crippen molar-refractivity contribution < 1.29 is 29.4 Å². The number of hydroxylamine groups is 1. The van der Waals surface area contributed by atoms with Gasteiger partial charge in [0.1, 0.15) is 0 Å². The van der Waals surface area contributed by atoms with Crippen molar-refractivity contribution in [3.63, 3.8) is 0 Å².